The number of hydrogen-bond acceptors (Lipinski definition) is 9. The van der Waals surface area contributed by atoms with Gasteiger partial charge in [0.15, 0.2) is 0 Å². The van der Waals surface area contributed by atoms with Crippen LogP contribution in [0.15, 0.2) is 61.2 Å². The number of rotatable bonds is 11. The predicted molar refractivity (Wildman–Crippen MR) is 235 cm³/mol. The van der Waals surface area contributed by atoms with Crippen molar-refractivity contribution in [2.24, 2.45) is 5.41 Å². The van der Waals surface area contributed by atoms with Crippen LogP contribution in [0, 0.1) is 17.0 Å². The molecule has 336 valence electrons. The summed E-state index contributed by atoms with van der Waals surface area (Å²) in [6.45, 7) is 9.96. The number of carbonyl (C=O) groups excluding carboxylic acids is 4. The second-order valence-electron chi connectivity index (χ2n) is 17.6. The summed E-state index contributed by atoms with van der Waals surface area (Å²) < 4.78 is 59.0. The lowest BCUT2D eigenvalue weighted by molar-refractivity contribution is -0.111. The van der Waals surface area contributed by atoms with Crippen molar-refractivity contribution in [3.05, 3.63) is 112 Å². The number of benzene rings is 3. The van der Waals surface area contributed by atoms with Crippen molar-refractivity contribution < 1.29 is 36.7 Å². The molecule has 15 heteroatoms. The Kier molecular flexibility index (Phi) is 14.0. The number of carbonyl (C=O) groups is 4. The molecule has 2 fully saturated rings. The zero-order valence-electron chi connectivity index (χ0n) is 36.4. The van der Waals surface area contributed by atoms with Gasteiger partial charge in [0.05, 0.1) is 36.3 Å². The third kappa shape index (κ3) is 9.11. The predicted octanol–water partition coefficient (Wildman–Crippen LogP) is 6.75. The first kappa shape index (κ1) is 45.8. The monoisotopic (exact) mass is 871 g/mol. The van der Waals surface area contributed by atoms with E-state index in [1.807, 2.05) is 50.2 Å². The van der Waals surface area contributed by atoms with Crippen LogP contribution in [-0.4, -0.2) is 128 Å². The number of anilines is 1. The van der Waals surface area contributed by atoms with Crippen LogP contribution in [0.2, 0.25) is 0 Å². The molecule has 5 aliphatic rings. The van der Waals surface area contributed by atoms with Crippen LogP contribution in [-0.2, 0) is 29.1 Å². The molecule has 4 atom stereocenters. The average molecular weight is 872 g/mol. The lowest BCUT2D eigenvalue weighted by Crippen LogP contribution is -2.45. The van der Waals surface area contributed by atoms with Crippen LogP contribution in [0.4, 0.5) is 23.2 Å². The first-order valence-electron chi connectivity index (χ1n) is 21.7. The van der Waals surface area contributed by atoms with Crippen LogP contribution in [0.5, 0.6) is 0 Å². The van der Waals surface area contributed by atoms with Crippen LogP contribution in [0.25, 0.3) is 10.9 Å². The van der Waals surface area contributed by atoms with E-state index in [9.17, 15) is 28.0 Å². The summed E-state index contributed by atoms with van der Waals surface area (Å²) in [6.07, 6.45) is 4.09. The van der Waals surface area contributed by atoms with Crippen molar-refractivity contribution in [1.82, 2.24) is 29.9 Å². The molecule has 5 aliphatic heterocycles. The highest BCUT2D eigenvalue weighted by Crippen LogP contribution is 2.45. The summed E-state index contributed by atoms with van der Waals surface area (Å²) in [5.41, 5.74) is 5.54. The van der Waals surface area contributed by atoms with E-state index in [4.69, 9.17) is 0 Å². The summed E-state index contributed by atoms with van der Waals surface area (Å²) in [5, 5.41) is 3.72. The van der Waals surface area contributed by atoms with Crippen LogP contribution in [0.1, 0.15) is 87.3 Å². The van der Waals surface area contributed by atoms with Gasteiger partial charge in [0.1, 0.15) is 24.2 Å². The summed E-state index contributed by atoms with van der Waals surface area (Å²) in [4.78, 5) is 59.5. The van der Waals surface area contributed by atoms with Crippen molar-refractivity contribution in [3.8, 4) is 0 Å². The van der Waals surface area contributed by atoms with E-state index in [0.29, 0.717) is 67.7 Å². The van der Waals surface area contributed by atoms with Gasteiger partial charge in [-0.2, -0.15) is 0 Å². The number of amides is 2. The quantitative estimate of drug-likeness (QED) is 0.0733. The Hall–Kier alpha value is -5.22. The molecule has 0 saturated carbocycles. The van der Waals surface area contributed by atoms with E-state index in [1.54, 1.807) is 23.1 Å². The molecule has 4 aromatic rings. The number of hydrogen-bond donors (Lipinski definition) is 2. The highest BCUT2D eigenvalue weighted by Gasteiger charge is 2.44. The van der Waals surface area contributed by atoms with Gasteiger partial charge >= 0.3 is 0 Å². The molecule has 2 saturated heterocycles. The Labute approximate surface area is 366 Å². The number of nitrogens with one attached hydrogen (secondary N) is 2. The molecule has 9 rings (SSSR count). The lowest BCUT2D eigenvalue weighted by Gasteiger charge is -2.41. The number of imide groups is 1. The lowest BCUT2D eigenvalue weighted by atomic mass is 9.86. The molecule has 0 radical (unpaired) electrons. The third-order valence-corrected chi connectivity index (χ3v) is 13.2. The number of halogens is 4. The average Bonchev–Trinajstić information content (AvgIpc) is 4.07. The van der Waals surface area contributed by atoms with Gasteiger partial charge in [-0.1, -0.05) is 24.3 Å². The maximum absolute atomic E-state index is 15.9. The first-order chi connectivity index (χ1) is 30.3. The van der Waals surface area contributed by atoms with Gasteiger partial charge in [0.2, 0.25) is 0 Å². The standard InChI is InChI=1S/C28H32F4N4.C18H18N2O4.C2H7N/c1-17-11-20-19-5-3-4-6-23(19)33-26(20)27(36(17)14-24(31)32)25-21(29)12-18(13-22(25)30)35-10-8-28(16-35)7-9-34(2)15-28;1-2-3-4-14(11-22)20-17(23)15-7-12-9-19(5-6-21)10-13(12)8-16(15)18(20)24;1-3-2/h3-6,12-13,17,24,27,33H,7-11,14-16H2,1-2H3;2,6-8,11,14H,1,3-5,9-10H2;3H,1-2H3/t17-,27-,28?;;/m1../s1. The number of H-pyrrole nitrogens is 1. The summed E-state index contributed by atoms with van der Waals surface area (Å²) in [5.74, 6) is -2.21. The first-order valence-corrected chi connectivity index (χ1v) is 21.7. The van der Waals surface area contributed by atoms with Gasteiger partial charge in [0.25, 0.3) is 18.2 Å². The molecule has 1 spiro atoms. The fourth-order valence-electron chi connectivity index (χ4n) is 10.2. The number of aromatic amines is 1. The molecule has 3 aromatic carbocycles. The van der Waals surface area contributed by atoms with Gasteiger partial charge in [0, 0.05) is 72.0 Å². The Morgan fingerprint density at radius 1 is 0.952 bits per heavy atom. The zero-order valence-corrected chi connectivity index (χ0v) is 36.4. The molecule has 2 N–H and O–H groups in total. The highest BCUT2D eigenvalue weighted by atomic mass is 19.3. The number of nitrogens with zero attached hydrogens (tertiary/aromatic N) is 5. The number of aldehydes is 2. The minimum absolute atomic E-state index is 0.159. The second kappa shape index (κ2) is 19.3. The minimum Gasteiger partial charge on any atom is -0.371 e. The summed E-state index contributed by atoms with van der Waals surface area (Å²) in [6, 6.07) is 11.9. The molecule has 2 unspecified atom stereocenters. The number of alkyl halides is 2. The molecule has 0 bridgehead atoms. The van der Waals surface area contributed by atoms with Crippen molar-refractivity contribution in [2.45, 2.75) is 76.7 Å². The van der Waals surface area contributed by atoms with Crippen molar-refractivity contribution in [3.63, 3.8) is 0 Å². The Bertz CT molecular complexity index is 2300. The van der Waals surface area contributed by atoms with Crippen molar-refractivity contribution in [1.29, 1.82) is 0 Å². The largest absolute Gasteiger partial charge is 0.371 e. The number of likely N-dealkylation sites (tertiary alicyclic amines) is 1. The molecular weight excluding hydrogens is 815 g/mol. The molecular formula is C48H57F4N7O4. The van der Waals surface area contributed by atoms with Crippen LogP contribution in [0.3, 0.4) is 0 Å². The second-order valence-corrected chi connectivity index (χ2v) is 17.6. The van der Waals surface area contributed by atoms with Gasteiger partial charge in [-0.25, -0.2) is 17.6 Å². The Balaban J connectivity index is 0.000000191. The number of fused-ring (bicyclic) bond motifs is 5. The molecule has 63 heavy (non-hydrogen) atoms. The smallest absolute Gasteiger partial charge is 0.262 e. The Morgan fingerprint density at radius 2 is 1.59 bits per heavy atom. The van der Waals surface area contributed by atoms with E-state index >= 15 is 8.78 Å². The van der Waals surface area contributed by atoms with E-state index in [2.05, 4.69) is 33.7 Å². The Morgan fingerprint density at radius 3 is 2.16 bits per heavy atom. The van der Waals surface area contributed by atoms with Crippen LogP contribution >= 0.6 is 0 Å². The molecule has 6 heterocycles. The normalized spacial score (nSPS) is 22.5. The van der Waals surface area contributed by atoms with Crippen LogP contribution < -0.4 is 10.2 Å². The van der Waals surface area contributed by atoms with Crippen molar-refractivity contribution in [2.75, 3.05) is 65.3 Å². The third-order valence-electron chi connectivity index (χ3n) is 13.2. The maximum atomic E-state index is 15.9. The topological polar surface area (TPSA) is 112 Å². The SMILES string of the molecule is C=CCCC(C=O)N1C(=O)c2cc3c(cc2C1=O)CN(CC=O)C3.CNC.C[C@@H]1Cc2c([nH]c3ccccc23)[C@@H](c2c(F)cc(N3CCC4(CCN(C)C4)C3)cc2F)N1CC(F)F. The number of aromatic nitrogens is 1. The fraction of sp³-hybridized carbons (Fsp3) is 0.458. The molecule has 1 aromatic heterocycles. The highest BCUT2D eigenvalue weighted by molar-refractivity contribution is 6.22. The van der Waals surface area contributed by atoms with E-state index < -0.39 is 48.5 Å². The van der Waals surface area contributed by atoms with Gasteiger partial charge in [-0.3, -0.25) is 24.3 Å². The number of allylic oxidation sites excluding steroid dienone is 1. The summed E-state index contributed by atoms with van der Waals surface area (Å²) >= 11 is 0. The van der Waals surface area contributed by atoms with Gasteiger partial charge in [-0.15, -0.1) is 6.58 Å². The van der Waals surface area contributed by atoms with Gasteiger partial charge < -0.3 is 29.7 Å². The molecule has 0 aliphatic carbocycles. The van der Waals surface area contributed by atoms with Gasteiger partial charge in [-0.05, 0) is 114 Å². The fourth-order valence-corrected chi connectivity index (χ4v) is 10.2. The molecule has 11 nitrogen and oxygen atoms in total. The van der Waals surface area contributed by atoms with E-state index in [0.717, 1.165) is 77.8 Å². The summed E-state index contributed by atoms with van der Waals surface area (Å²) in [7, 11) is 5.86. The van der Waals surface area contributed by atoms with E-state index in [1.165, 1.54) is 12.1 Å². The van der Waals surface area contributed by atoms with E-state index in [-0.39, 0.29) is 17.0 Å². The maximum Gasteiger partial charge on any atom is 0.262 e. The zero-order chi connectivity index (χ0) is 45.2. The minimum atomic E-state index is -2.61. The van der Waals surface area contributed by atoms with Crippen molar-refractivity contribution >= 4 is 41.0 Å². The number of para-hydroxylation sites is 1. The molecule has 2 amide bonds.